The van der Waals surface area contributed by atoms with Gasteiger partial charge in [-0.2, -0.15) is 0 Å². The van der Waals surface area contributed by atoms with E-state index in [1.807, 2.05) is 0 Å². The second kappa shape index (κ2) is 24.8. The molecule has 2 aliphatic rings. The van der Waals surface area contributed by atoms with Crippen molar-refractivity contribution in [3.8, 4) is 0 Å². The number of piperidine rings is 1. The molecule has 2 aliphatic heterocycles. The second-order valence-electron chi connectivity index (χ2n) is 11.3. The Bertz CT molecular complexity index is 1390. The maximum Gasteiger partial charge on any atom is 0.372 e. The van der Waals surface area contributed by atoms with E-state index in [9.17, 15) is 33.6 Å². The second-order valence-corrected chi connectivity index (χ2v) is 11.3. The van der Waals surface area contributed by atoms with Gasteiger partial charge in [0.05, 0.1) is 110 Å². The van der Waals surface area contributed by atoms with Crippen molar-refractivity contribution in [2.24, 2.45) is 0 Å². The van der Waals surface area contributed by atoms with Crippen molar-refractivity contribution < 1.29 is 76.6 Å². The number of carboxylic acids is 1. The molecule has 1 atom stereocenters. The summed E-state index contributed by atoms with van der Waals surface area (Å²) in [5.41, 5.74) is 0.860. The zero-order chi connectivity index (χ0) is 38.3. The molecule has 2 heterocycles. The average molecular weight is 754 g/mol. The van der Waals surface area contributed by atoms with Crippen molar-refractivity contribution in [1.82, 2.24) is 10.2 Å². The number of aliphatic carboxylic acids is 1. The van der Waals surface area contributed by atoms with Crippen LogP contribution in [0.1, 0.15) is 46.4 Å². The highest BCUT2D eigenvalue weighted by atomic mass is 16.6. The van der Waals surface area contributed by atoms with Gasteiger partial charge in [0.1, 0.15) is 12.6 Å². The number of nitrogens with zero attached hydrogens (tertiary/aromatic N) is 1. The molecule has 0 spiro atoms. The molecule has 1 unspecified atom stereocenters. The first-order chi connectivity index (χ1) is 25.7. The van der Waals surface area contributed by atoms with Gasteiger partial charge < -0.3 is 48.3 Å². The van der Waals surface area contributed by atoms with Crippen molar-refractivity contribution in [2.45, 2.75) is 31.7 Å². The van der Waals surface area contributed by atoms with Crippen LogP contribution in [0.5, 0.6) is 0 Å². The number of fused-ring (bicyclic) bond motifs is 1. The molecule has 0 radical (unpaired) electrons. The van der Waals surface area contributed by atoms with Gasteiger partial charge in [0.2, 0.25) is 17.6 Å². The molecule has 294 valence electrons. The minimum Gasteiger partial charge on any atom is -0.476 e. The Hall–Kier alpha value is -4.37. The van der Waals surface area contributed by atoms with Crippen LogP contribution >= 0.6 is 0 Å². The van der Waals surface area contributed by atoms with Crippen LogP contribution in [0.4, 0.5) is 5.69 Å². The number of esters is 1. The molecular weight excluding hydrogens is 706 g/mol. The molecule has 3 N–H and O–H groups in total. The molecule has 3 rings (SSSR count). The van der Waals surface area contributed by atoms with Crippen LogP contribution in [0, 0.1) is 0 Å². The van der Waals surface area contributed by atoms with Crippen LogP contribution in [0.15, 0.2) is 18.2 Å². The molecule has 0 aromatic heterocycles. The van der Waals surface area contributed by atoms with Gasteiger partial charge in [-0.15, -0.1) is 0 Å². The van der Waals surface area contributed by atoms with E-state index in [1.165, 1.54) is 6.07 Å². The average Bonchev–Trinajstić information content (AvgIpc) is 3.39. The quantitative estimate of drug-likeness (QED) is 0.0392. The number of ketones is 1. The van der Waals surface area contributed by atoms with E-state index in [2.05, 4.69) is 10.6 Å². The zero-order valence-corrected chi connectivity index (χ0v) is 29.5. The fraction of sp³-hybridized carbons (Fsp3) is 0.618. The molecule has 0 aliphatic carbocycles. The fourth-order valence-electron chi connectivity index (χ4n) is 4.95. The van der Waals surface area contributed by atoms with E-state index < -0.39 is 53.8 Å². The van der Waals surface area contributed by atoms with Gasteiger partial charge in [-0.3, -0.25) is 39.0 Å². The number of hydrogen-bond donors (Lipinski definition) is 3. The van der Waals surface area contributed by atoms with E-state index >= 15 is 0 Å². The lowest BCUT2D eigenvalue weighted by atomic mass is 10.0. The Morgan fingerprint density at radius 1 is 0.698 bits per heavy atom. The molecule has 19 nitrogen and oxygen atoms in total. The van der Waals surface area contributed by atoms with Crippen molar-refractivity contribution in [2.75, 3.05) is 111 Å². The van der Waals surface area contributed by atoms with Gasteiger partial charge in [-0.05, 0) is 18.6 Å². The topological polar surface area (TPSA) is 241 Å². The highest BCUT2D eigenvalue weighted by Crippen LogP contribution is 2.32. The number of imide groups is 2. The highest BCUT2D eigenvalue weighted by Gasteiger charge is 2.45. The van der Waals surface area contributed by atoms with Gasteiger partial charge in [0.15, 0.2) is 0 Å². The Morgan fingerprint density at radius 2 is 1.21 bits per heavy atom. The first-order valence-corrected chi connectivity index (χ1v) is 17.2. The zero-order valence-electron chi connectivity index (χ0n) is 29.5. The number of carbonyl (C=O) groups is 7. The number of Topliss-reactive ketones (excluding diaryl/α,β-unsaturated/α-hetero) is 1. The van der Waals surface area contributed by atoms with Gasteiger partial charge in [0, 0.05) is 25.1 Å². The normalized spacial score (nSPS) is 15.4. The van der Waals surface area contributed by atoms with Gasteiger partial charge in [0.25, 0.3) is 11.8 Å². The van der Waals surface area contributed by atoms with Crippen LogP contribution in [-0.2, 0) is 61.9 Å². The standard InChI is InChI=1S/C34H47N3O16/c38-27(34(44)45)5-7-29(40)53-23-22-52-21-20-51-19-18-50-17-16-49-15-14-48-13-12-47-11-10-46-9-8-35-25-3-1-2-24-30(25)33(43)37(32(24)42)26-4-6-28(39)36-31(26)41/h1-3,26,35H,4-23H2,(H,44,45)(H,36,39,41). The largest absolute Gasteiger partial charge is 0.476 e. The SMILES string of the molecule is O=C1CCC(N2C(=O)c3cccc(NCCOCCOCCOCCOCCOCCOCCOCCOC(=O)CCC(=O)C(=O)O)c3C2=O)C(=O)N1. The molecule has 1 aromatic carbocycles. The Balaban J connectivity index is 1.05. The predicted octanol–water partition coefficient (Wildman–Crippen LogP) is -0.407. The minimum atomic E-state index is -1.58. The minimum absolute atomic E-state index is 0.00589. The van der Waals surface area contributed by atoms with E-state index in [0.29, 0.717) is 98.1 Å². The van der Waals surface area contributed by atoms with Crippen LogP contribution in [0.25, 0.3) is 0 Å². The smallest absolute Gasteiger partial charge is 0.372 e. The third-order valence-electron chi connectivity index (χ3n) is 7.55. The maximum atomic E-state index is 13.1. The predicted molar refractivity (Wildman–Crippen MR) is 180 cm³/mol. The summed E-state index contributed by atoms with van der Waals surface area (Å²) in [6.07, 6.45) is -0.546. The van der Waals surface area contributed by atoms with Gasteiger partial charge in [-0.25, -0.2) is 4.79 Å². The molecule has 19 heteroatoms. The third kappa shape index (κ3) is 15.6. The Morgan fingerprint density at radius 3 is 1.72 bits per heavy atom. The summed E-state index contributed by atoms with van der Waals surface area (Å²) in [5.74, 6) is -5.50. The molecule has 1 fully saturated rings. The molecule has 53 heavy (non-hydrogen) atoms. The first kappa shape index (κ1) is 43.0. The van der Waals surface area contributed by atoms with Crippen molar-refractivity contribution in [3.05, 3.63) is 29.3 Å². The van der Waals surface area contributed by atoms with Crippen LogP contribution in [0.2, 0.25) is 0 Å². The Labute approximate surface area is 305 Å². The van der Waals surface area contributed by atoms with E-state index in [0.717, 1.165) is 4.90 Å². The van der Waals surface area contributed by atoms with E-state index in [1.54, 1.807) is 12.1 Å². The van der Waals surface area contributed by atoms with E-state index in [-0.39, 0.29) is 43.6 Å². The molecule has 0 saturated carbocycles. The summed E-state index contributed by atoms with van der Waals surface area (Å²) in [4.78, 5) is 83.5. The summed E-state index contributed by atoms with van der Waals surface area (Å²) in [6, 6.07) is 3.85. The molecule has 0 bridgehead atoms. The molecule has 4 amide bonds. The van der Waals surface area contributed by atoms with Gasteiger partial charge >= 0.3 is 11.9 Å². The van der Waals surface area contributed by atoms with Crippen LogP contribution in [-0.4, -0.2) is 163 Å². The monoisotopic (exact) mass is 753 g/mol. The number of rotatable bonds is 30. The van der Waals surface area contributed by atoms with Crippen LogP contribution in [0.3, 0.4) is 0 Å². The number of hydrogen-bond acceptors (Lipinski definition) is 16. The number of benzene rings is 1. The summed E-state index contributed by atoms with van der Waals surface area (Å²) in [7, 11) is 0. The first-order valence-electron chi connectivity index (χ1n) is 17.2. The summed E-state index contributed by atoms with van der Waals surface area (Å²) < 4.78 is 42.8. The lowest BCUT2D eigenvalue weighted by molar-refractivity contribution is -0.151. The molecular formula is C34H47N3O16. The summed E-state index contributed by atoms with van der Waals surface area (Å²) in [6.45, 7) is 5.31. The number of carbonyl (C=O) groups excluding carboxylic acids is 6. The van der Waals surface area contributed by atoms with E-state index in [4.69, 9.17) is 43.0 Å². The lowest BCUT2D eigenvalue weighted by Crippen LogP contribution is -2.54. The number of amides is 4. The summed E-state index contributed by atoms with van der Waals surface area (Å²) in [5, 5.41) is 13.8. The van der Waals surface area contributed by atoms with Crippen LogP contribution < -0.4 is 10.6 Å². The molecule has 1 aromatic rings. The number of anilines is 1. The van der Waals surface area contributed by atoms with Gasteiger partial charge in [-0.1, -0.05) is 6.07 Å². The molecule has 1 saturated heterocycles. The number of nitrogens with one attached hydrogen (secondary N) is 2. The van der Waals surface area contributed by atoms with Crippen molar-refractivity contribution >= 4 is 47.0 Å². The number of carboxylic acid groups (broad SMARTS) is 1. The Kier molecular flexibility index (Phi) is 20.1. The van der Waals surface area contributed by atoms with Crippen molar-refractivity contribution in [3.63, 3.8) is 0 Å². The number of ether oxygens (including phenoxy) is 8. The lowest BCUT2D eigenvalue weighted by Gasteiger charge is -2.27. The third-order valence-corrected chi connectivity index (χ3v) is 7.55. The maximum absolute atomic E-state index is 13.1. The highest BCUT2D eigenvalue weighted by molar-refractivity contribution is 6.32. The fourth-order valence-corrected chi connectivity index (χ4v) is 4.95. The van der Waals surface area contributed by atoms with Crippen molar-refractivity contribution in [1.29, 1.82) is 0 Å². The summed E-state index contributed by atoms with van der Waals surface area (Å²) >= 11 is 0.